The van der Waals surface area contributed by atoms with E-state index in [2.05, 4.69) is 20.9 Å². The number of aliphatic carboxylic acids is 1. The second-order valence-electron chi connectivity index (χ2n) is 5.55. The van der Waals surface area contributed by atoms with Gasteiger partial charge >= 0.3 is 5.97 Å². The van der Waals surface area contributed by atoms with Crippen molar-refractivity contribution in [3.05, 3.63) is 15.0 Å². The normalized spacial score (nSPS) is 30.8. The van der Waals surface area contributed by atoms with Crippen LogP contribution >= 0.6 is 27.3 Å². The van der Waals surface area contributed by atoms with Gasteiger partial charge in [-0.05, 0) is 54.0 Å². The minimum Gasteiger partial charge on any atom is -0.481 e. The van der Waals surface area contributed by atoms with E-state index >= 15 is 0 Å². The lowest BCUT2D eigenvalue weighted by atomic mass is 9.69. The van der Waals surface area contributed by atoms with Gasteiger partial charge in [0.2, 0.25) is 0 Å². The van der Waals surface area contributed by atoms with Gasteiger partial charge in [-0.25, -0.2) is 4.98 Å². The maximum Gasteiger partial charge on any atom is 0.306 e. The van der Waals surface area contributed by atoms with Crippen LogP contribution in [0.15, 0.2) is 9.98 Å². The van der Waals surface area contributed by atoms with Crippen LogP contribution in [0.25, 0.3) is 0 Å². The molecular formula is C13H18BrNO3S. The van der Waals surface area contributed by atoms with Crippen molar-refractivity contribution >= 4 is 33.2 Å². The zero-order valence-corrected chi connectivity index (χ0v) is 13.4. The molecule has 0 amide bonds. The smallest absolute Gasteiger partial charge is 0.306 e. The maximum absolute atomic E-state index is 11.1. The van der Waals surface area contributed by atoms with E-state index in [1.54, 1.807) is 13.1 Å². The summed E-state index contributed by atoms with van der Waals surface area (Å²) in [5.41, 5.74) is -0.978. The summed E-state index contributed by atoms with van der Waals surface area (Å²) in [6.07, 6.45) is 3.78. The van der Waals surface area contributed by atoms with Crippen molar-refractivity contribution in [1.29, 1.82) is 0 Å². The first kappa shape index (κ1) is 14.9. The molecule has 4 atom stereocenters. The summed E-state index contributed by atoms with van der Waals surface area (Å²) in [7, 11) is 0. The second kappa shape index (κ2) is 5.50. The van der Waals surface area contributed by atoms with Gasteiger partial charge in [0.05, 0.1) is 15.9 Å². The molecule has 1 aromatic rings. The van der Waals surface area contributed by atoms with Gasteiger partial charge in [-0.2, -0.15) is 0 Å². The molecule has 0 radical (unpaired) electrons. The van der Waals surface area contributed by atoms with Crippen LogP contribution in [0.1, 0.15) is 38.1 Å². The molecule has 1 heterocycles. The molecule has 2 N–H and O–H groups in total. The number of nitrogens with zero attached hydrogens (tertiary/aromatic N) is 1. The molecule has 0 aromatic carbocycles. The number of carbonyl (C=O) groups is 1. The zero-order chi connectivity index (χ0) is 14.2. The summed E-state index contributed by atoms with van der Waals surface area (Å²) in [5, 5.41) is 20.6. The fraction of sp³-hybridized carbons (Fsp3) is 0.692. The molecule has 1 saturated carbocycles. The van der Waals surface area contributed by atoms with Crippen LogP contribution in [0.3, 0.4) is 0 Å². The van der Waals surface area contributed by atoms with Gasteiger partial charge in [-0.15, -0.1) is 11.3 Å². The molecule has 0 spiro atoms. The standard InChI is InChI=1S/C13H18BrNO3S/c1-7-5-8(3-4-9(7)11(16)17)13(2,18)12-15-6-10(14)19-12/h6-9,18H,3-5H2,1-2H3,(H,16,17)/t7-,8+,9+,13-/m0/s1. The lowest BCUT2D eigenvalue weighted by molar-refractivity contribution is -0.146. The molecule has 19 heavy (non-hydrogen) atoms. The van der Waals surface area contributed by atoms with E-state index in [1.807, 2.05) is 6.92 Å². The Balaban J connectivity index is 2.13. The summed E-state index contributed by atoms with van der Waals surface area (Å²) in [6.45, 7) is 3.75. The Bertz CT molecular complexity index is 474. The van der Waals surface area contributed by atoms with E-state index in [9.17, 15) is 9.90 Å². The summed E-state index contributed by atoms with van der Waals surface area (Å²) >= 11 is 4.79. The number of hydrogen-bond donors (Lipinski definition) is 2. The number of halogens is 1. The number of carboxylic acids is 1. The maximum atomic E-state index is 11.1. The van der Waals surface area contributed by atoms with Crippen molar-refractivity contribution in [2.24, 2.45) is 17.8 Å². The predicted octanol–water partition coefficient (Wildman–Crippen LogP) is 3.25. The van der Waals surface area contributed by atoms with Crippen LogP contribution in [-0.2, 0) is 10.4 Å². The van der Waals surface area contributed by atoms with Gasteiger partial charge in [0.15, 0.2) is 0 Å². The average molecular weight is 348 g/mol. The van der Waals surface area contributed by atoms with Crippen LogP contribution in [0.2, 0.25) is 0 Å². The lowest BCUT2D eigenvalue weighted by Crippen LogP contribution is -2.39. The molecule has 0 unspecified atom stereocenters. The lowest BCUT2D eigenvalue weighted by Gasteiger charge is -2.39. The highest BCUT2D eigenvalue weighted by molar-refractivity contribution is 9.11. The first-order valence-corrected chi connectivity index (χ1v) is 8.00. The van der Waals surface area contributed by atoms with E-state index < -0.39 is 11.6 Å². The number of aromatic nitrogens is 1. The average Bonchev–Trinajstić information content (AvgIpc) is 2.76. The van der Waals surface area contributed by atoms with E-state index in [0.717, 1.165) is 16.6 Å². The highest BCUT2D eigenvalue weighted by Crippen LogP contribution is 2.44. The number of carboxylic acid groups (broad SMARTS) is 1. The van der Waals surface area contributed by atoms with Crippen molar-refractivity contribution in [3.63, 3.8) is 0 Å². The third kappa shape index (κ3) is 3.01. The Morgan fingerprint density at radius 2 is 2.26 bits per heavy atom. The van der Waals surface area contributed by atoms with Crippen molar-refractivity contribution in [1.82, 2.24) is 4.98 Å². The van der Waals surface area contributed by atoms with Crippen molar-refractivity contribution in [3.8, 4) is 0 Å². The third-order valence-electron chi connectivity index (χ3n) is 4.19. The van der Waals surface area contributed by atoms with E-state index in [4.69, 9.17) is 5.11 Å². The van der Waals surface area contributed by atoms with Crippen LogP contribution in [-0.4, -0.2) is 21.2 Å². The largest absolute Gasteiger partial charge is 0.481 e. The molecule has 4 nitrogen and oxygen atoms in total. The second-order valence-corrected chi connectivity index (χ2v) is 7.96. The minimum atomic E-state index is -0.978. The van der Waals surface area contributed by atoms with Crippen molar-refractivity contribution in [2.75, 3.05) is 0 Å². The Hall–Kier alpha value is -0.460. The van der Waals surface area contributed by atoms with E-state index in [-0.39, 0.29) is 17.8 Å². The summed E-state index contributed by atoms with van der Waals surface area (Å²) in [6, 6.07) is 0. The van der Waals surface area contributed by atoms with Gasteiger partial charge in [0.25, 0.3) is 0 Å². The molecule has 2 rings (SSSR count). The zero-order valence-electron chi connectivity index (χ0n) is 11.0. The Kier molecular flexibility index (Phi) is 4.32. The molecule has 0 aliphatic heterocycles. The van der Waals surface area contributed by atoms with Gasteiger partial charge in [0.1, 0.15) is 10.6 Å². The predicted molar refractivity (Wildman–Crippen MR) is 77.0 cm³/mol. The summed E-state index contributed by atoms with van der Waals surface area (Å²) < 4.78 is 0.898. The Labute approximate surface area is 125 Å². The monoisotopic (exact) mass is 347 g/mol. The SMILES string of the molecule is C[C@H]1C[C@H]([C@](C)(O)c2ncc(Br)s2)CC[C@H]1C(=O)O. The van der Waals surface area contributed by atoms with Gasteiger partial charge in [-0.3, -0.25) is 4.79 Å². The molecule has 1 aromatic heterocycles. The molecule has 106 valence electrons. The molecule has 0 saturated heterocycles. The van der Waals surface area contributed by atoms with E-state index in [1.165, 1.54) is 11.3 Å². The molecule has 1 aliphatic rings. The topological polar surface area (TPSA) is 70.4 Å². The molecule has 1 aliphatic carbocycles. The highest BCUT2D eigenvalue weighted by atomic mass is 79.9. The summed E-state index contributed by atoms with van der Waals surface area (Å²) in [5.74, 6) is -0.847. The van der Waals surface area contributed by atoms with Gasteiger partial charge in [-0.1, -0.05) is 6.92 Å². The van der Waals surface area contributed by atoms with Crippen LogP contribution in [0, 0.1) is 17.8 Å². The van der Waals surface area contributed by atoms with Gasteiger partial charge in [0, 0.05) is 0 Å². The van der Waals surface area contributed by atoms with Crippen LogP contribution in [0.5, 0.6) is 0 Å². The van der Waals surface area contributed by atoms with E-state index in [0.29, 0.717) is 11.4 Å². The van der Waals surface area contributed by atoms with Crippen molar-refractivity contribution < 1.29 is 15.0 Å². The number of thiazole rings is 1. The molecule has 6 heteroatoms. The number of aliphatic hydroxyl groups is 1. The highest BCUT2D eigenvalue weighted by Gasteiger charge is 2.42. The number of hydrogen-bond acceptors (Lipinski definition) is 4. The fourth-order valence-corrected chi connectivity index (χ4v) is 4.27. The first-order chi connectivity index (χ1) is 8.82. The molecule has 0 bridgehead atoms. The quantitative estimate of drug-likeness (QED) is 0.880. The summed E-state index contributed by atoms with van der Waals surface area (Å²) in [4.78, 5) is 15.4. The van der Waals surface area contributed by atoms with Crippen LogP contribution < -0.4 is 0 Å². The third-order valence-corrected chi connectivity index (χ3v) is 5.89. The first-order valence-electron chi connectivity index (χ1n) is 6.39. The molecular weight excluding hydrogens is 330 g/mol. The number of rotatable bonds is 3. The Morgan fingerprint density at radius 1 is 1.58 bits per heavy atom. The minimum absolute atomic E-state index is 0.0659. The van der Waals surface area contributed by atoms with Crippen LogP contribution in [0.4, 0.5) is 0 Å². The van der Waals surface area contributed by atoms with Crippen molar-refractivity contribution in [2.45, 2.75) is 38.7 Å². The molecule has 1 fully saturated rings. The van der Waals surface area contributed by atoms with Gasteiger partial charge < -0.3 is 10.2 Å². The fourth-order valence-electron chi connectivity index (χ4n) is 2.94. The Morgan fingerprint density at radius 3 is 2.74 bits per heavy atom.